The smallest absolute Gasteiger partial charge is 0.0599 e. The van der Waals surface area contributed by atoms with Gasteiger partial charge < -0.3 is 5.11 Å². The normalized spacial score (nSPS) is 45.7. The lowest BCUT2D eigenvalue weighted by Gasteiger charge is -2.37. The molecule has 0 heterocycles. The molecule has 0 aromatic heterocycles. The van der Waals surface area contributed by atoms with Crippen LogP contribution in [0, 0.1) is 35.5 Å². The largest absolute Gasteiger partial charge is 0.393 e. The fourth-order valence-corrected chi connectivity index (χ4v) is 5.21. The molecule has 0 amide bonds. The van der Waals surface area contributed by atoms with Crippen molar-refractivity contribution in [2.75, 3.05) is 0 Å². The Labute approximate surface area is 112 Å². The molecular weight excluding hydrogens is 220 g/mol. The SMILES string of the molecule is CC(C)C1CCC(C(O)C2CC3CCC2C3)CC1. The number of hydrogen-bond acceptors (Lipinski definition) is 1. The zero-order chi connectivity index (χ0) is 12.7. The number of rotatable bonds is 3. The standard InChI is InChI=1S/C17H30O/c1-11(2)13-5-7-14(8-6-13)17(18)16-10-12-3-4-15(16)9-12/h11-18H,3-10H2,1-2H3. The van der Waals surface area contributed by atoms with Gasteiger partial charge in [0.2, 0.25) is 0 Å². The third kappa shape index (κ3) is 2.35. The number of aliphatic hydroxyl groups is 1. The van der Waals surface area contributed by atoms with Crippen LogP contribution in [-0.4, -0.2) is 11.2 Å². The van der Waals surface area contributed by atoms with Crippen molar-refractivity contribution in [2.24, 2.45) is 35.5 Å². The van der Waals surface area contributed by atoms with Crippen LogP contribution in [0.1, 0.15) is 65.2 Å². The number of hydrogen-bond donors (Lipinski definition) is 1. The summed E-state index contributed by atoms with van der Waals surface area (Å²) in [6.45, 7) is 4.72. The second-order valence-electron chi connectivity index (χ2n) is 7.75. The molecule has 1 N–H and O–H groups in total. The predicted octanol–water partition coefficient (Wildman–Crippen LogP) is 4.25. The second-order valence-corrected chi connectivity index (χ2v) is 7.75. The second kappa shape index (κ2) is 5.15. The predicted molar refractivity (Wildman–Crippen MR) is 75.2 cm³/mol. The highest BCUT2D eigenvalue weighted by molar-refractivity contribution is 4.95. The Kier molecular flexibility index (Phi) is 3.71. The molecule has 3 aliphatic rings. The molecule has 3 aliphatic carbocycles. The minimum absolute atomic E-state index is 0.0356. The Morgan fingerprint density at radius 1 is 0.833 bits per heavy atom. The lowest BCUT2D eigenvalue weighted by molar-refractivity contribution is 0.00222. The molecule has 0 radical (unpaired) electrons. The van der Waals surface area contributed by atoms with Gasteiger partial charge in [0.1, 0.15) is 0 Å². The zero-order valence-electron chi connectivity index (χ0n) is 12.1. The molecule has 0 spiro atoms. The third-order valence-electron chi connectivity index (χ3n) is 6.47. The van der Waals surface area contributed by atoms with Gasteiger partial charge in [-0.05, 0) is 80.5 Å². The van der Waals surface area contributed by atoms with E-state index in [9.17, 15) is 5.11 Å². The van der Waals surface area contributed by atoms with Crippen molar-refractivity contribution in [1.82, 2.24) is 0 Å². The van der Waals surface area contributed by atoms with E-state index in [1.54, 1.807) is 0 Å². The molecule has 104 valence electrons. The van der Waals surface area contributed by atoms with Gasteiger partial charge in [0.15, 0.2) is 0 Å². The molecule has 1 heteroatoms. The number of aliphatic hydroxyl groups excluding tert-OH is 1. The van der Waals surface area contributed by atoms with Gasteiger partial charge in [0.05, 0.1) is 6.10 Å². The quantitative estimate of drug-likeness (QED) is 0.794. The van der Waals surface area contributed by atoms with Crippen molar-refractivity contribution in [2.45, 2.75) is 71.3 Å². The maximum atomic E-state index is 10.7. The first-order chi connectivity index (χ1) is 8.65. The molecule has 0 aromatic carbocycles. The third-order valence-corrected chi connectivity index (χ3v) is 6.47. The van der Waals surface area contributed by atoms with E-state index in [4.69, 9.17) is 0 Å². The minimum atomic E-state index is 0.0356. The molecule has 3 saturated carbocycles. The van der Waals surface area contributed by atoms with Crippen LogP contribution in [0.4, 0.5) is 0 Å². The molecule has 2 bridgehead atoms. The van der Waals surface area contributed by atoms with E-state index in [0.29, 0.717) is 11.8 Å². The lowest BCUT2D eigenvalue weighted by atomic mass is 9.71. The van der Waals surface area contributed by atoms with Gasteiger partial charge in [-0.1, -0.05) is 20.3 Å². The van der Waals surface area contributed by atoms with E-state index in [-0.39, 0.29) is 6.10 Å². The van der Waals surface area contributed by atoms with E-state index in [1.165, 1.54) is 51.4 Å². The van der Waals surface area contributed by atoms with Gasteiger partial charge in [-0.25, -0.2) is 0 Å². The molecule has 1 nitrogen and oxygen atoms in total. The summed E-state index contributed by atoms with van der Waals surface area (Å²) in [6.07, 6.45) is 11.0. The van der Waals surface area contributed by atoms with Crippen molar-refractivity contribution in [3.05, 3.63) is 0 Å². The summed E-state index contributed by atoms with van der Waals surface area (Å²) in [5, 5.41) is 10.7. The van der Waals surface area contributed by atoms with Crippen LogP contribution < -0.4 is 0 Å². The molecule has 4 atom stereocenters. The molecule has 4 unspecified atom stereocenters. The number of fused-ring (bicyclic) bond motifs is 2. The Hall–Kier alpha value is -0.0400. The summed E-state index contributed by atoms with van der Waals surface area (Å²) in [7, 11) is 0. The van der Waals surface area contributed by atoms with E-state index < -0.39 is 0 Å². The van der Waals surface area contributed by atoms with Crippen LogP contribution in [0.5, 0.6) is 0 Å². The fourth-order valence-electron chi connectivity index (χ4n) is 5.21. The highest BCUT2D eigenvalue weighted by Gasteiger charge is 2.45. The first-order valence-electron chi connectivity index (χ1n) is 8.33. The Bertz CT molecular complexity index is 277. The van der Waals surface area contributed by atoms with Gasteiger partial charge in [-0.2, -0.15) is 0 Å². The summed E-state index contributed by atoms with van der Waals surface area (Å²) in [6, 6.07) is 0. The van der Waals surface area contributed by atoms with Gasteiger partial charge in [0.25, 0.3) is 0 Å². The molecule has 0 aromatic rings. The first kappa shape index (κ1) is 13.0. The Balaban J connectivity index is 1.53. The van der Waals surface area contributed by atoms with Crippen molar-refractivity contribution >= 4 is 0 Å². The summed E-state index contributed by atoms with van der Waals surface area (Å²) in [5.41, 5.74) is 0. The highest BCUT2D eigenvalue weighted by Crippen LogP contribution is 2.51. The molecule has 0 saturated heterocycles. The van der Waals surface area contributed by atoms with Crippen LogP contribution in [0.2, 0.25) is 0 Å². The maximum absolute atomic E-state index is 10.7. The topological polar surface area (TPSA) is 20.2 Å². The maximum Gasteiger partial charge on any atom is 0.0599 e. The summed E-state index contributed by atoms with van der Waals surface area (Å²) in [5.74, 6) is 4.92. The van der Waals surface area contributed by atoms with Crippen molar-refractivity contribution in [3.63, 3.8) is 0 Å². The summed E-state index contributed by atoms with van der Waals surface area (Å²) in [4.78, 5) is 0. The minimum Gasteiger partial charge on any atom is -0.393 e. The van der Waals surface area contributed by atoms with Crippen molar-refractivity contribution < 1.29 is 5.11 Å². The van der Waals surface area contributed by atoms with Gasteiger partial charge >= 0.3 is 0 Å². The fraction of sp³-hybridized carbons (Fsp3) is 1.00. The summed E-state index contributed by atoms with van der Waals surface area (Å²) < 4.78 is 0. The van der Waals surface area contributed by atoms with E-state index in [0.717, 1.165) is 23.7 Å². The van der Waals surface area contributed by atoms with Crippen LogP contribution in [-0.2, 0) is 0 Å². The zero-order valence-corrected chi connectivity index (χ0v) is 12.1. The molecule has 3 fully saturated rings. The van der Waals surface area contributed by atoms with Crippen molar-refractivity contribution in [1.29, 1.82) is 0 Å². The monoisotopic (exact) mass is 250 g/mol. The van der Waals surface area contributed by atoms with Crippen LogP contribution in [0.15, 0.2) is 0 Å². The average molecular weight is 250 g/mol. The lowest BCUT2D eigenvalue weighted by Crippen LogP contribution is -2.35. The van der Waals surface area contributed by atoms with Crippen LogP contribution >= 0.6 is 0 Å². The Morgan fingerprint density at radius 2 is 1.50 bits per heavy atom. The molecule has 18 heavy (non-hydrogen) atoms. The van der Waals surface area contributed by atoms with E-state index in [2.05, 4.69) is 13.8 Å². The van der Waals surface area contributed by atoms with Crippen LogP contribution in [0.3, 0.4) is 0 Å². The highest BCUT2D eigenvalue weighted by atomic mass is 16.3. The molecule has 3 rings (SSSR count). The summed E-state index contributed by atoms with van der Waals surface area (Å²) >= 11 is 0. The molecular formula is C17H30O. The van der Waals surface area contributed by atoms with E-state index in [1.807, 2.05) is 0 Å². The van der Waals surface area contributed by atoms with Gasteiger partial charge in [0, 0.05) is 0 Å². The van der Waals surface area contributed by atoms with Crippen LogP contribution in [0.25, 0.3) is 0 Å². The van der Waals surface area contributed by atoms with Gasteiger partial charge in [-0.15, -0.1) is 0 Å². The van der Waals surface area contributed by atoms with E-state index >= 15 is 0 Å². The average Bonchev–Trinajstić information content (AvgIpc) is 3.00. The van der Waals surface area contributed by atoms with Crippen molar-refractivity contribution in [3.8, 4) is 0 Å². The first-order valence-corrected chi connectivity index (χ1v) is 8.33. The van der Waals surface area contributed by atoms with Gasteiger partial charge in [-0.3, -0.25) is 0 Å². The Morgan fingerprint density at radius 3 is 2.00 bits per heavy atom. The molecule has 0 aliphatic heterocycles.